The van der Waals surface area contributed by atoms with E-state index in [1.54, 1.807) is 23.1 Å². The van der Waals surface area contributed by atoms with Crippen LogP contribution >= 0.6 is 23.1 Å². The van der Waals surface area contributed by atoms with Crippen LogP contribution in [-0.4, -0.2) is 17.3 Å². The second-order valence-corrected chi connectivity index (χ2v) is 9.43. The van der Waals surface area contributed by atoms with Crippen LogP contribution < -0.4 is 0 Å². The van der Waals surface area contributed by atoms with Gasteiger partial charge in [-0.15, -0.1) is 11.3 Å². The van der Waals surface area contributed by atoms with Gasteiger partial charge in [-0.05, 0) is 61.7 Å². The molecular weight excluding hydrogens is 348 g/mol. The first-order valence-corrected chi connectivity index (χ1v) is 10.0. The summed E-state index contributed by atoms with van der Waals surface area (Å²) in [6.45, 7) is 8.22. The van der Waals surface area contributed by atoms with Gasteiger partial charge in [-0.2, -0.15) is 0 Å². The highest BCUT2D eigenvalue weighted by molar-refractivity contribution is 8.03. The third-order valence-corrected chi connectivity index (χ3v) is 6.54. The normalized spacial score (nSPS) is 11.7. The number of ether oxygens (including phenoxy) is 1. The van der Waals surface area contributed by atoms with Gasteiger partial charge >= 0.3 is 5.97 Å². The van der Waals surface area contributed by atoms with Crippen molar-refractivity contribution in [3.8, 4) is 10.4 Å². The van der Waals surface area contributed by atoms with Crippen molar-refractivity contribution in [3.63, 3.8) is 0 Å². The maximum absolute atomic E-state index is 12.1. The minimum atomic E-state index is -0.590. The molecular formula is C21H22O2S2. The van der Waals surface area contributed by atoms with Crippen molar-refractivity contribution < 1.29 is 9.53 Å². The van der Waals surface area contributed by atoms with Crippen LogP contribution in [0.4, 0.5) is 0 Å². The molecule has 0 bridgehead atoms. The van der Waals surface area contributed by atoms with Crippen molar-refractivity contribution in [3.05, 3.63) is 54.1 Å². The zero-order valence-electron chi connectivity index (χ0n) is 15.0. The first-order chi connectivity index (χ1) is 11.9. The molecule has 1 heterocycles. The molecule has 0 N–H and O–H groups in total. The second-order valence-electron chi connectivity index (χ2n) is 6.43. The van der Waals surface area contributed by atoms with Crippen LogP contribution in [-0.2, 0) is 9.53 Å². The van der Waals surface area contributed by atoms with E-state index in [0.29, 0.717) is 6.61 Å². The van der Waals surface area contributed by atoms with Gasteiger partial charge in [0.25, 0.3) is 0 Å². The number of rotatable bonds is 5. The monoisotopic (exact) mass is 370 g/mol. The van der Waals surface area contributed by atoms with Crippen LogP contribution in [0.5, 0.6) is 0 Å². The molecule has 0 aliphatic rings. The van der Waals surface area contributed by atoms with Crippen molar-refractivity contribution in [2.24, 2.45) is 0 Å². The van der Waals surface area contributed by atoms with Gasteiger partial charge in [0.1, 0.15) is 4.75 Å². The van der Waals surface area contributed by atoms with E-state index in [4.69, 9.17) is 4.74 Å². The minimum Gasteiger partial charge on any atom is -0.465 e. The molecule has 130 valence electrons. The minimum absolute atomic E-state index is 0.171. The lowest BCUT2D eigenvalue weighted by molar-refractivity contribution is -0.145. The summed E-state index contributed by atoms with van der Waals surface area (Å²) in [6.07, 6.45) is 0. The molecule has 1 aromatic heterocycles. The molecule has 3 aromatic rings. The molecule has 3 rings (SSSR count). The zero-order chi connectivity index (χ0) is 18.0. The van der Waals surface area contributed by atoms with Crippen LogP contribution in [0.1, 0.15) is 26.3 Å². The number of hydrogen-bond donors (Lipinski definition) is 0. The molecule has 0 saturated carbocycles. The average Bonchev–Trinajstić information content (AvgIpc) is 3.03. The number of benzene rings is 2. The lowest BCUT2D eigenvalue weighted by atomic mass is 9.99. The van der Waals surface area contributed by atoms with Crippen molar-refractivity contribution >= 4 is 39.8 Å². The maximum Gasteiger partial charge on any atom is 0.322 e. The molecule has 0 amide bonds. The van der Waals surface area contributed by atoms with Crippen LogP contribution in [0.15, 0.2) is 52.7 Å². The Morgan fingerprint density at radius 2 is 1.80 bits per heavy atom. The summed E-state index contributed by atoms with van der Waals surface area (Å²) in [4.78, 5) is 13.3. The number of carbonyl (C=O) groups excluding carboxylic acids is 1. The van der Waals surface area contributed by atoms with Gasteiger partial charge in [-0.25, -0.2) is 0 Å². The summed E-state index contributed by atoms with van der Waals surface area (Å²) >= 11 is 3.29. The van der Waals surface area contributed by atoms with Crippen LogP contribution in [0.3, 0.4) is 0 Å². The average molecular weight is 371 g/mol. The van der Waals surface area contributed by atoms with Gasteiger partial charge in [0.15, 0.2) is 0 Å². The van der Waals surface area contributed by atoms with Gasteiger partial charge in [0.05, 0.1) is 10.8 Å². The molecule has 0 saturated heterocycles. The van der Waals surface area contributed by atoms with Crippen molar-refractivity contribution in [1.29, 1.82) is 0 Å². The number of carbonyl (C=O) groups is 1. The molecule has 0 spiro atoms. The SMILES string of the molecule is CCOC(=O)C(C)(C)Sc1ccc(-c2ccc(C)c3ccccc23)s1. The predicted molar refractivity (Wildman–Crippen MR) is 109 cm³/mol. The van der Waals surface area contributed by atoms with E-state index in [2.05, 4.69) is 55.5 Å². The van der Waals surface area contributed by atoms with Crippen LogP contribution in [0.25, 0.3) is 21.2 Å². The third kappa shape index (κ3) is 3.75. The summed E-state index contributed by atoms with van der Waals surface area (Å²) in [6, 6.07) is 17.1. The Kier molecular flexibility index (Phi) is 5.21. The first kappa shape index (κ1) is 18.0. The van der Waals surface area contributed by atoms with E-state index in [-0.39, 0.29) is 5.97 Å². The standard InChI is InChI=1S/C21H22O2S2/c1-5-23-20(22)21(3,4)25-19-13-12-18(24-19)17-11-10-14(2)15-8-6-7-9-16(15)17/h6-13H,5H2,1-4H3. The molecule has 0 fully saturated rings. The smallest absolute Gasteiger partial charge is 0.322 e. The Morgan fingerprint density at radius 1 is 1.08 bits per heavy atom. The van der Waals surface area contributed by atoms with E-state index in [9.17, 15) is 4.79 Å². The lowest BCUT2D eigenvalue weighted by Crippen LogP contribution is -2.29. The number of aryl methyl sites for hydroxylation is 1. The van der Waals surface area contributed by atoms with E-state index >= 15 is 0 Å². The predicted octanol–water partition coefficient (Wildman–Crippen LogP) is 6.31. The highest BCUT2D eigenvalue weighted by atomic mass is 32.2. The fourth-order valence-corrected chi connectivity index (χ4v) is 5.40. The number of esters is 1. The van der Waals surface area contributed by atoms with Gasteiger partial charge in [-0.1, -0.05) is 48.2 Å². The van der Waals surface area contributed by atoms with Gasteiger partial charge in [0, 0.05) is 4.88 Å². The number of hydrogen-bond acceptors (Lipinski definition) is 4. The molecule has 2 aromatic carbocycles. The van der Waals surface area contributed by atoms with Crippen LogP contribution in [0.2, 0.25) is 0 Å². The summed E-state index contributed by atoms with van der Waals surface area (Å²) < 4.78 is 5.72. The Balaban J connectivity index is 1.93. The Hall–Kier alpha value is -1.78. The first-order valence-electron chi connectivity index (χ1n) is 8.37. The summed E-state index contributed by atoms with van der Waals surface area (Å²) in [5.74, 6) is -0.171. The number of thioether (sulfide) groups is 1. The molecule has 0 aliphatic heterocycles. The zero-order valence-corrected chi connectivity index (χ0v) is 16.6. The molecule has 0 aliphatic carbocycles. The summed E-state index contributed by atoms with van der Waals surface area (Å²) in [7, 11) is 0. The topological polar surface area (TPSA) is 26.3 Å². The molecule has 0 atom stereocenters. The van der Waals surface area contributed by atoms with Crippen molar-refractivity contribution in [1.82, 2.24) is 0 Å². The molecule has 0 unspecified atom stereocenters. The maximum atomic E-state index is 12.1. The van der Waals surface area contributed by atoms with Crippen molar-refractivity contribution in [2.75, 3.05) is 6.61 Å². The Labute approximate surface area is 157 Å². The Morgan fingerprint density at radius 3 is 2.52 bits per heavy atom. The highest BCUT2D eigenvalue weighted by Gasteiger charge is 2.31. The largest absolute Gasteiger partial charge is 0.465 e. The van der Waals surface area contributed by atoms with E-state index in [0.717, 1.165) is 4.21 Å². The fraction of sp³-hybridized carbons (Fsp3) is 0.286. The fourth-order valence-electron chi connectivity index (χ4n) is 2.78. The van der Waals surface area contributed by atoms with Gasteiger partial charge in [0.2, 0.25) is 0 Å². The molecule has 2 nitrogen and oxygen atoms in total. The molecule has 0 radical (unpaired) electrons. The molecule has 25 heavy (non-hydrogen) atoms. The number of fused-ring (bicyclic) bond motifs is 1. The van der Waals surface area contributed by atoms with Gasteiger partial charge in [-0.3, -0.25) is 4.79 Å². The number of thiophene rings is 1. The summed E-state index contributed by atoms with van der Waals surface area (Å²) in [5, 5.41) is 2.56. The third-order valence-electron chi connectivity index (χ3n) is 4.11. The quantitative estimate of drug-likeness (QED) is 0.389. The van der Waals surface area contributed by atoms with E-state index in [1.807, 2.05) is 20.8 Å². The Bertz CT molecular complexity index is 909. The lowest BCUT2D eigenvalue weighted by Gasteiger charge is -2.20. The second kappa shape index (κ2) is 7.22. The highest BCUT2D eigenvalue weighted by Crippen LogP contribution is 2.42. The van der Waals surface area contributed by atoms with E-state index in [1.165, 1.54) is 26.8 Å². The summed E-state index contributed by atoms with van der Waals surface area (Å²) in [5.41, 5.74) is 2.53. The van der Waals surface area contributed by atoms with E-state index < -0.39 is 4.75 Å². The van der Waals surface area contributed by atoms with Crippen molar-refractivity contribution in [2.45, 2.75) is 36.7 Å². The molecule has 4 heteroatoms. The van der Waals surface area contributed by atoms with Gasteiger partial charge < -0.3 is 4.74 Å². The van der Waals surface area contributed by atoms with Crippen LogP contribution in [0, 0.1) is 6.92 Å².